The molecule has 0 bridgehead atoms. The maximum Gasteiger partial charge on any atom is 0.248 e. The summed E-state index contributed by atoms with van der Waals surface area (Å²) in [5.74, 6) is -1.49. The Kier molecular flexibility index (Phi) is 2.80. The molecule has 1 fully saturated rings. The number of nitrogens with one attached hydrogen (secondary N) is 1. The second-order valence-electron chi connectivity index (χ2n) is 4.47. The van der Waals surface area contributed by atoms with Crippen LogP contribution in [-0.2, 0) is 0 Å². The standard InChI is InChI=1S/C10H17F2N3/c1-15-5-4-13-9(15)14-7-8-2-3-10(11,12)6-8/h8H,2-7H2,1H3,(H,13,14). The zero-order valence-corrected chi connectivity index (χ0v) is 8.97. The van der Waals surface area contributed by atoms with E-state index < -0.39 is 5.92 Å². The Labute approximate surface area is 88.5 Å². The highest BCUT2D eigenvalue weighted by Crippen LogP contribution is 2.38. The lowest BCUT2D eigenvalue weighted by Gasteiger charge is -2.17. The highest BCUT2D eigenvalue weighted by Gasteiger charge is 2.39. The maximum absolute atomic E-state index is 12.9. The molecule has 5 heteroatoms. The largest absolute Gasteiger partial charge is 0.356 e. The van der Waals surface area contributed by atoms with Gasteiger partial charge in [-0.25, -0.2) is 8.78 Å². The predicted octanol–water partition coefficient (Wildman–Crippen LogP) is 1.31. The van der Waals surface area contributed by atoms with Crippen molar-refractivity contribution in [2.24, 2.45) is 10.9 Å². The Balaban J connectivity index is 1.75. The van der Waals surface area contributed by atoms with E-state index in [2.05, 4.69) is 10.3 Å². The van der Waals surface area contributed by atoms with Crippen LogP contribution >= 0.6 is 0 Å². The van der Waals surface area contributed by atoms with Gasteiger partial charge in [-0.3, -0.25) is 4.99 Å². The normalized spacial score (nSPS) is 29.4. The van der Waals surface area contributed by atoms with Crippen molar-refractivity contribution >= 4 is 5.96 Å². The molecule has 0 amide bonds. The van der Waals surface area contributed by atoms with Gasteiger partial charge >= 0.3 is 0 Å². The third kappa shape index (κ3) is 2.58. The lowest BCUT2D eigenvalue weighted by Crippen LogP contribution is -2.38. The molecule has 1 heterocycles. The Hall–Kier alpha value is -0.870. The van der Waals surface area contributed by atoms with Gasteiger partial charge < -0.3 is 10.2 Å². The van der Waals surface area contributed by atoms with Crippen molar-refractivity contribution in [2.45, 2.75) is 25.2 Å². The molecule has 1 aliphatic heterocycles. The summed E-state index contributed by atoms with van der Waals surface area (Å²) in [4.78, 5) is 6.28. The molecular formula is C10H17F2N3. The van der Waals surface area contributed by atoms with Crippen molar-refractivity contribution in [1.29, 1.82) is 0 Å². The van der Waals surface area contributed by atoms with E-state index in [9.17, 15) is 8.78 Å². The van der Waals surface area contributed by atoms with Gasteiger partial charge in [0.05, 0.1) is 6.54 Å². The fourth-order valence-corrected chi connectivity index (χ4v) is 2.17. The molecule has 2 aliphatic rings. The van der Waals surface area contributed by atoms with Gasteiger partial charge in [0.2, 0.25) is 5.92 Å². The fraction of sp³-hybridized carbons (Fsp3) is 0.900. The number of guanidine groups is 1. The zero-order chi connectivity index (χ0) is 10.9. The van der Waals surface area contributed by atoms with Crippen LogP contribution < -0.4 is 5.32 Å². The van der Waals surface area contributed by atoms with Crippen LogP contribution in [0.3, 0.4) is 0 Å². The van der Waals surface area contributed by atoms with Crippen LogP contribution in [0.5, 0.6) is 0 Å². The molecule has 1 saturated carbocycles. The van der Waals surface area contributed by atoms with Crippen molar-refractivity contribution in [2.75, 3.05) is 26.7 Å². The number of halogens is 2. The predicted molar refractivity (Wildman–Crippen MR) is 55.2 cm³/mol. The topological polar surface area (TPSA) is 27.6 Å². The molecule has 0 aromatic heterocycles. The molecule has 1 atom stereocenters. The van der Waals surface area contributed by atoms with Crippen molar-refractivity contribution in [3.63, 3.8) is 0 Å². The number of aliphatic imine (C=N–C) groups is 1. The fourth-order valence-electron chi connectivity index (χ4n) is 2.17. The van der Waals surface area contributed by atoms with E-state index in [1.807, 2.05) is 11.9 Å². The quantitative estimate of drug-likeness (QED) is 0.755. The van der Waals surface area contributed by atoms with Gasteiger partial charge in [0.25, 0.3) is 0 Å². The van der Waals surface area contributed by atoms with Gasteiger partial charge in [0.1, 0.15) is 0 Å². The highest BCUT2D eigenvalue weighted by atomic mass is 19.3. The van der Waals surface area contributed by atoms with E-state index in [1.165, 1.54) is 0 Å². The SMILES string of the molecule is CN1CCN=C1NCC1CCC(F)(F)C1. The first-order valence-corrected chi connectivity index (χ1v) is 5.44. The first-order valence-electron chi connectivity index (χ1n) is 5.44. The minimum atomic E-state index is -2.43. The first kappa shape index (κ1) is 10.6. The molecule has 0 aromatic rings. The molecule has 1 unspecified atom stereocenters. The number of hydrogen-bond acceptors (Lipinski definition) is 3. The summed E-state index contributed by atoms with van der Waals surface area (Å²) >= 11 is 0. The Morgan fingerprint density at radius 2 is 2.40 bits per heavy atom. The summed E-state index contributed by atoms with van der Waals surface area (Å²) in [6.07, 6.45) is 0.690. The number of likely N-dealkylation sites (N-methyl/N-ethyl adjacent to an activating group) is 1. The van der Waals surface area contributed by atoms with Crippen LogP contribution in [0.25, 0.3) is 0 Å². The molecule has 0 saturated heterocycles. The lowest BCUT2D eigenvalue weighted by molar-refractivity contribution is 0.00522. The molecule has 0 spiro atoms. The van der Waals surface area contributed by atoms with Crippen molar-refractivity contribution < 1.29 is 8.78 Å². The van der Waals surface area contributed by atoms with Gasteiger partial charge in [0.15, 0.2) is 5.96 Å². The number of hydrogen-bond donors (Lipinski definition) is 1. The molecule has 1 aliphatic carbocycles. The Bertz CT molecular complexity index is 265. The van der Waals surface area contributed by atoms with E-state index in [1.54, 1.807) is 0 Å². The van der Waals surface area contributed by atoms with E-state index in [-0.39, 0.29) is 18.8 Å². The molecule has 86 valence electrons. The van der Waals surface area contributed by atoms with E-state index in [0.717, 1.165) is 19.0 Å². The van der Waals surface area contributed by atoms with Crippen molar-refractivity contribution in [3.8, 4) is 0 Å². The van der Waals surface area contributed by atoms with E-state index in [4.69, 9.17) is 0 Å². The first-order chi connectivity index (χ1) is 7.07. The summed E-state index contributed by atoms with van der Waals surface area (Å²) < 4.78 is 25.8. The van der Waals surface area contributed by atoms with Gasteiger partial charge in [0, 0.05) is 33.0 Å². The van der Waals surface area contributed by atoms with Crippen LogP contribution in [0.15, 0.2) is 4.99 Å². The summed E-state index contributed by atoms with van der Waals surface area (Å²) in [7, 11) is 1.96. The van der Waals surface area contributed by atoms with E-state index in [0.29, 0.717) is 13.0 Å². The zero-order valence-electron chi connectivity index (χ0n) is 8.97. The summed E-state index contributed by atoms with van der Waals surface area (Å²) in [6.45, 7) is 2.35. The molecule has 0 radical (unpaired) electrons. The van der Waals surface area contributed by atoms with Gasteiger partial charge in [-0.2, -0.15) is 0 Å². The molecule has 3 nitrogen and oxygen atoms in total. The molecule has 2 rings (SSSR count). The van der Waals surface area contributed by atoms with Gasteiger partial charge in [-0.1, -0.05) is 0 Å². The van der Waals surface area contributed by atoms with Crippen LogP contribution in [0.2, 0.25) is 0 Å². The third-order valence-electron chi connectivity index (χ3n) is 3.11. The lowest BCUT2D eigenvalue weighted by atomic mass is 10.1. The smallest absolute Gasteiger partial charge is 0.248 e. The van der Waals surface area contributed by atoms with Crippen molar-refractivity contribution in [1.82, 2.24) is 10.2 Å². The van der Waals surface area contributed by atoms with Crippen LogP contribution in [0.4, 0.5) is 8.78 Å². The maximum atomic E-state index is 12.9. The van der Waals surface area contributed by atoms with Gasteiger partial charge in [-0.05, 0) is 12.3 Å². The van der Waals surface area contributed by atoms with Gasteiger partial charge in [-0.15, -0.1) is 0 Å². The number of nitrogens with zero attached hydrogens (tertiary/aromatic N) is 2. The summed E-state index contributed by atoms with van der Waals surface area (Å²) in [5.41, 5.74) is 0. The molecule has 1 N–H and O–H groups in total. The average Bonchev–Trinajstić information content (AvgIpc) is 2.69. The van der Waals surface area contributed by atoms with Crippen LogP contribution in [0, 0.1) is 5.92 Å². The summed E-state index contributed by atoms with van der Waals surface area (Å²) in [6, 6.07) is 0. The second kappa shape index (κ2) is 3.94. The second-order valence-corrected chi connectivity index (χ2v) is 4.47. The summed E-state index contributed by atoms with van der Waals surface area (Å²) in [5, 5.41) is 3.15. The van der Waals surface area contributed by atoms with Crippen molar-refractivity contribution in [3.05, 3.63) is 0 Å². The average molecular weight is 217 g/mol. The molecular weight excluding hydrogens is 200 g/mol. The Morgan fingerprint density at radius 1 is 1.60 bits per heavy atom. The monoisotopic (exact) mass is 217 g/mol. The Morgan fingerprint density at radius 3 is 2.93 bits per heavy atom. The highest BCUT2D eigenvalue weighted by molar-refractivity contribution is 5.81. The third-order valence-corrected chi connectivity index (χ3v) is 3.11. The van der Waals surface area contributed by atoms with Crippen LogP contribution in [0.1, 0.15) is 19.3 Å². The number of alkyl halides is 2. The molecule has 0 aromatic carbocycles. The van der Waals surface area contributed by atoms with E-state index >= 15 is 0 Å². The van der Waals surface area contributed by atoms with Crippen LogP contribution in [-0.4, -0.2) is 43.5 Å². The minimum absolute atomic E-state index is 0.0248. The minimum Gasteiger partial charge on any atom is -0.356 e. The molecule has 15 heavy (non-hydrogen) atoms. The number of rotatable bonds is 2.